The zero-order chi connectivity index (χ0) is 29.6. The average Bonchev–Trinajstić information content (AvgIpc) is 3.42. The smallest absolute Gasteiger partial charge is 0.244 e. The molecule has 41 heavy (non-hydrogen) atoms. The Kier molecular flexibility index (Phi) is 10.6. The number of rotatable bonds is 11. The number of anilines is 1. The summed E-state index contributed by atoms with van der Waals surface area (Å²) in [4.78, 5) is 29.4. The number of sulfonamides is 1. The van der Waals surface area contributed by atoms with Gasteiger partial charge in [-0.15, -0.1) is 0 Å². The molecule has 0 saturated heterocycles. The van der Waals surface area contributed by atoms with E-state index in [9.17, 15) is 18.0 Å². The number of nitrogens with one attached hydrogen (secondary N) is 1. The second kappa shape index (κ2) is 13.9. The number of nitrogens with zero attached hydrogens (tertiary/aromatic N) is 2. The third kappa shape index (κ3) is 8.85. The topological polar surface area (TPSA) is 86.8 Å². The summed E-state index contributed by atoms with van der Waals surface area (Å²) in [5.41, 5.74) is 1.76. The molecule has 4 rings (SSSR count). The fourth-order valence-corrected chi connectivity index (χ4v) is 6.48. The second-order valence-corrected chi connectivity index (χ2v) is 13.5. The molecule has 0 aliphatic heterocycles. The maximum Gasteiger partial charge on any atom is 0.244 e. The molecule has 0 aromatic heterocycles. The van der Waals surface area contributed by atoms with Crippen LogP contribution in [0.2, 0.25) is 15.1 Å². The van der Waals surface area contributed by atoms with Crippen LogP contribution >= 0.6 is 34.8 Å². The number of hydrogen-bond acceptors (Lipinski definition) is 4. The molecule has 1 N–H and O–H groups in total. The third-order valence-electron chi connectivity index (χ3n) is 7.05. The Morgan fingerprint density at radius 2 is 1.49 bits per heavy atom. The molecule has 1 saturated carbocycles. The van der Waals surface area contributed by atoms with Gasteiger partial charge in [0.05, 0.1) is 11.9 Å². The van der Waals surface area contributed by atoms with Crippen molar-refractivity contribution in [1.29, 1.82) is 0 Å². The summed E-state index contributed by atoms with van der Waals surface area (Å²) >= 11 is 18.4. The van der Waals surface area contributed by atoms with Gasteiger partial charge in [-0.3, -0.25) is 13.9 Å². The van der Waals surface area contributed by atoms with Gasteiger partial charge in [0.25, 0.3) is 0 Å². The molecule has 0 spiro atoms. The van der Waals surface area contributed by atoms with Gasteiger partial charge in [0.2, 0.25) is 21.8 Å². The summed E-state index contributed by atoms with van der Waals surface area (Å²) in [6.45, 7) is -0.482. The first kappa shape index (κ1) is 31.2. The minimum absolute atomic E-state index is 0.0365. The standard InChI is InChI=1S/C30H32Cl3N3O4S/c1-41(39,40)36(27-17-24(32)16-25(33)18-27)20-29(37)35(19-22-11-13-23(31)14-12-22)28(15-21-7-3-2-4-8-21)30(38)34-26-9-5-6-10-26/h2-4,7-8,11-14,16-18,26,28H,5-6,9-10,15,19-20H2,1H3,(H,34,38). The van der Waals surface area contributed by atoms with Crippen LogP contribution in [-0.2, 0) is 32.6 Å². The summed E-state index contributed by atoms with van der Waals surface area (Å²) in [5.74, 6) is -0.830. The zero-order valence-electron chi connectivity index (χ0n) is 22.6. The van der Waals surface area contributed by atoms with Gasteiger partial charge in [0.15, 0.2) is 0 Å². The van der Waals surface area contributed by atoms with Gasteiger partial charge in [-0.25, -0.2) is 8.42 Å². The van der Waals surface area contributed by atoms with Crippen LogP contribution in [0.15, 0.2) is 72.8 Å². The molecule has 3 aromatic rings. The monoisotopic (exact) mass is 635 g/mol. The van der Waals surface area contributed by atoms with E-state index in [4.69, 9.17) is 34.8 Å². The predicted octanol–water partition coefficient (Wildman–Crippen LogP) is 6.11. The summed E-state index contributed by atoms with van der Waals surface area (Å²) in [6, 6.07) is 19.9. The number of benzene rings is 3. The van der Waals surface area contributed by atoms with Crippen molar-refractivity contribution in [2.45, 2.75) is 50.7 Å². The van der Waals surface area contributed by atoms with Crippen LogP contribution in [0.1, 0.15) is 36.8 Å². The fraction of sp³-hybridized carbons (Fsp3) is 0.333. The molecule has 1 fully saturated rings. The second-order valence-electron chi connectivity index (χ2n) is 10.2. The van der Waals surface area contributed by atoms with Gasteiger partial charge >= 0.3 is 0 Å². The van der Waals surface area contributed by atoms with Gasteiger partial charge < -0.3 is 10.2 Å². The molecule has 2 amide bonds. The summed E-state index contributed by atoms with van der Waals surface area (Å²) < 4.78 is 26.8. The summed E-state index contributed by atoms with van der Waals surface area (Å²) in [7, 11) is -3.93. The highest BCUT2D eigenvalue weighted by Crippen LogP contribution is 2.28. The minimum Gasteiger partial charge on any atom is -0.352 e. The lowest BCUT2D eigenvalue weighted by Gasteiger charge is -2.34. The Bertz CT molecular complexity index is 1440. The molecule has 1 aliphatic rings. The molecule has 218 valence electrons. The van der Waals surface area contributed by atoms with Gasteiger partial charge in [-0.1, -0.05) is 90.1 Å². The Morgan fingerprint density at radius 1 is 0.878 bits per heavy atom. The molecule has 7 nitrogen and oxygen atoms in total. The summed E-state index contributed by atoms with van der Waals surface area (Å²) in [6.07, 6.45) is 5.09. The minimum atomic E-state index is -3.93. The Hall–Kier alpha value is -2.78. The number of hydrogen-bond donors (Lipinski definition) is 1. The summed E-state index contributed by atoms with van der Waals surface area (Å²) in [5, 5.41) is 4.13. The van der Waals surface area contributed by atoms with E-state index in [0.717, 1.165) is 47.4 Å². The fourth-order valence-electron chi connectivity index (χ4n) is 5.00. The first-order valence-corrected chi connectivity index (χ1v) is 16.3. The van der Waals surface area contributed by atoms with E-state index in [1.807, 2.05) is 30.3 Å². The van der Waals surface area contributed by atoms with E-state index < -0.39 is 28.5 Å². The Labute approximate surface area is 256 Å². The van der Waals surface area contributed by atoms with Crippen LogP contribution in [0.25, 0.3) is 0 Å². The zero-order valence-corrected chi connectivity index (χ0v) is 25.7. The van der Waals surface area contributed by atoms with E-state index in [1.165, 1.54) is 23.1 Å². The van der Waals surface area contributed by atoms with Gasteiger partial charge in [0.1, 0.15) is 12.6 Å². The van der Waals surface area contributed by atoms with Crippen molar-refractivity contribution in [3.63, 3.8) is 0 Å². The largest absolute Gasteiger partial charge is 0.352 e. The normalized spacial score (nSPS) is 14.4. The maximum absolute atomic E-state index is 14.1. The first-order chi connectivity index (χ1) is 19.5. The highest BCUT2D eigenvalue weighted by Gasteiger charge is 2.34. The molecule has 1 atom stereocenters. The molecular weight excluding hydrogens is 605 g/mol. The van der Waals surface area contributed by atoms with Crippen molar-refractivity contribution in [2.24, 2.45) is 0 Å². The quantitative estimate of drug-likeness (QED) is 0.275. The van der Waals surface area contributed by atoms with Crippen molar-refractivity contribution in [3.05, 3.63) is 99.0 Å². The van der Waals surface area contributed by atoms with Gasteiger partial charge in [-0.2, -0.15) is 0 Å². The predicted molar refractivity (Wildman–Crippen MR) is 165 cm³/mol. The van der Waals surface area contributed by atoms with Crippen LogP contribution in [0.3, 0.4) is 0 Å². The van der Waals surface area contributed by atoms with E-state index in [2.05, 4.69) is 5.32 Å². The van der Waals surface area contributed by atoms with E-state index in [-0.39, 0.29) is 40.6 Å². The highest BCUT2D eigenvalue weighted by molar-refractivity contribution is 7.92. The number of amides is 2. The van der Waals surface area contributed by atoms with E-state index in [1.54, 1.807) is 24.3 Å². The molecule has 3 aromatic carbocycles. The van der Waals surface area contributed by atoms with Gasteiger partial charge in [0, 0.05) is 34.1 Å². The van der Waals surface area contributed by atoms with Crippen molar-refractivity contribution in [2.75, 3.05) is 17.1 Å². The molecule has 0 radical (unpaired) electrons. The van der Waals surface area contributed by atoms with Crippen molar-refractivity contribution < 1.29 is 18.0 Å². The average molecular weight is 637 g/mol. The number of halogens is 3. The van der Waals surface area contributed by atoms with Crippen molar-refractivity contribution in [1.82, 2.24) is 10.2 Å². The molecular formula is C30H32Cl3N3O4S. The third-order valence-corrected chi connectivity index (χ3v) is 8.88. The lowest BCUT2D eigenvalue weighted by Crippen LogP contribution is -2.54. The van der Waals surface area contributed by atoms with Crippen LogP contribution in [0, 0.1) is 0 Å². The van der Waals surface area contributed by atoms with Crippen LogP contribution < -0.4 is 9.62 Å². The molecule has 0 heterocycles. The van der Waals surface area contributed by atoms with Crippen LogP contribution in [0.4, 0.5) is 5.69 Å². The van der Waals surface area contributed by atoms with Crippen molar-refractivity contribution in [3.8, 4) is 0 Å². The first-order valence-electron chi connectivity index (χ1n) is 13.3. The Morgan fingerprint density at radius 3 is 2.07 bits per heavy atom. The van der Waals surface area contributed by atoms with Crippen LogP contribution in [-0.4, -0.2) is 50.0 Å². The number of carbonyl (C=O) groups is 2. The molecule has 1 unspecified atom stereocenters. The molecule has 0 bridgehead atoms. The van der Waals surface area contributed by atoms with Crippen LogP contribution in [0.5, 0.6) is 0 Å². The molecule has 1 aliphatic carbocycles. The SMILES string of the molecule is CS(=O)(=O)N(CC(=O)N(Cc1ccc(Cl)cc1)C(Cc1ccccc1)C(=O)NC1CCCC1)c1cc(Cl)cc(Cl)c1. The number of carbonyl (C=O) groups excluding carboxylic acids is 2. The van der Waals surface area contributed by atoms with Crippen molar-refractivity contribution >= 4 is 62.3 Å². The lowest BCUT2D eigenvalue weighted by atomic mass is 10.0. The molecule has 11 heteroatoms. The highest BCUT2D eigenvalue weighted by atomic mass is 35.5. The van der Waals surface area contributed by atoms with E-state index >= 15 is 0 Å². The maximum atomic E-state index is 14.1. The van der Waals surface area contributed by atoms with E-state index in [0.29, 0.717) is 5.02 Å². The Balaban J connectivity index is 1.73. The van der Waals surface area contributed by atoms with Gasteiger partial charge in [-0.05, 0) is 54.3 Å². The lowest BCUT2D eigenvalue weighted by molar-refractivity contribution is -0.140.